The SMILES string of the molecule is CC(N[C@@H](C)c1cccnc1)c1cccc(OC(F)F)c1. The zero-order valence-corrected chi connectivity index (χ0v) is 12.0. The van der Waals surface area contributed by atoms with Crippen LogP contribution in [-0.2, 0) is 0 Å². The van der Waals surface area contributed by atoms with Gasteiger partial charge in [-0.25, -0.2) is 0 Å². The molecule has 21 heavy (non-hydrogen) atoms. The van der Waals surface area contributed by atoms with E-state index >= 15 is 0 Å². The van der Waals surface area contributed by atoms with Gasteiger partial charge in [0.05, 0.1) is 0 Å². The zero-order valence-electron chi connectivity index (χ0n) is 12.0. The first-order valence-corrected chi connectivity index (χ1v) is 6.77. The standard InChI is InChI=1S/C16H18F2N2O/c1-11(20-12(2)14-6-4-8-19-10-14)13-5-3-7-15(9-13)21-16(17)18/h3-12,16,20H,1-2H3/t11?,12-/m0/s1. The van der Waals surface area contributed by atoms with Crippen LogP contribution in [0.4, 0.5) is 8.78 Å². The molecule has 0 amide bonds. The van der Waals surface area contributed by atoms with Crippen LogP contribution >= 0.6 is 0 Å². The molecule has 2 aromatic rings. The average molecular weight is 292 g/mol. The van der Waals surface area contributed by atoms with Crippen LogP contribution < -0.4 is 10.1 Å². The fourth-order valence-corrected chi connectivity index (χ4v) is 2.16. The van der Waals surface area contributed by atoms with Crippen LogP contribution in [0.2, 0.25) is 0 Å². The summed E-state index contributed by atoms with van der Waals surface area (Å²) in [6.45, 7) is 1.21. The van der Waals surface area contributed by atoms with Gasteiger partial charge in [0, 0.05) is 24.5 Å². The first kappa shape index (κ1) is 15.4. The first-order valence-electron chi connectivity index (χ1n) is 6.77. The molecular formula is C16H18F2N2O. The highest BCUT2D eigenvalue weighted by molar-refractivity contribution is 5.30. The number of nitrogens with zero attached hydrogens (tertiary/aromatic N) is 1. The summed E-state index contributed by atoms with van der Waals surface area (Å²) < 4.78 is 28.9. The molecule has 0 saturated heterocycles. The Labute approximate surface area is 123 Å². The van der Waals surface area contributed by atoms with Gasteiger partial charge in [-0.2, -0.15) is 8.78 Å². The largest absolute Gasteiger partial charge is 0.435 e. The number of alkyl halides is 2. The molecule has 1 aromatic heterocycles. The van der Waals surface area contributed by atoms with Crippen LogP contribution in [0.3, 0.4) is 0 Å². The minimum Gasteiger partial charge on any atom is -0.435 e. The predicted molar refractivity (Wildman–Crippen MR) is 77.3 cm³/mol. The van der Waals surface area contributed by atoms with Crippen molar-refractivity contribution >= 4 is 0 Å². The normalized spacial score (nSPS) is 14.0. The van der Waals surface area contributed by atoms with Gasteiger partial charge < -0.3 is 10.1 Å². The molecule has 1 aromatic carbocycles. The van der Waals surface area contributed by atoms with Crippen LogP contribution in [0.15, 0.2) is 48.8 Å². The van der Waals surface area contributed by atoms with E-state index in [1.807, 2.05) is 32.0 Å². The van der Waals surface area contributed by atoms with Gasteiger partial charge in [0.1, 0.15) is 5.75 Å². The highest BCUT2D eigenvalue weighted by Crippen LogP contribution is 2.23. The Morgan fingerprint density at radius 3 is 2.43 bits per heavy atom. The van der Waals surface area contributed by atoms with Crippen molar-refractivity contribution in [3.63, 3.8) is 0 Å². The van der Waals surface area contributed by atoms with E-state index in [-0.39, 0.29) is 17.8 Å². The van der Waals surface area contributed by atoms with Gasteiger partial charge in [0.25, 0.3) is 0 Å². The third-order valence-electron chi connectivity index (χ3n) is 3.27. The number of rotatable bonds is 6. The number of hydrogen-bond acceptors (Lipinski definition) is 3. The van der Waals surface area contributed by atoms with E-state index in [9.17, 15) is 8.78 Å². The molecule has 1 N–H and O–H groups in total. The minimum absolute atomic E-state index is 0.00132. The summed E-state index contributed by atoms with van der Waals surface area (Å²) in [5.41, 5.74) is 1.97. The zero-order chi connectivity index (χ0) is 15.2. The second-order valence-corrected chi connectivity index (χ2v) is 4.85. The molecule has 3 nitrogen and oxygen atoms in total. The third kappa shape index (κ3) is 4.49. The number of halogens is 2. The molecule has 0 aliphatic carbocycles. The predicted octanol–water partition coefficient (Wildman–Crippen LogP) is 4.09. The summed E-state index contributed by atoms with van der Waals surface area (Å²) in [6, 6.07) is 10.7. The summed E-state index contributed by atoms with van der Waals surface area (Å²) in [4.78, 5) is 4.09. The molecule has 0 fully saturated rings. The van der Waals surface area contributed by atoms with Gasteiger partial charge in [-0.3, -0.25) is 4.98 Å². The van der Waals surface area contributed by atoms with Crippen molar-refractivity contribution in [2.24, 2.45) is 0 Å². The smallest absolute Gasteiger partial charge is 0.387 e. The molecule has 0 aliphatic heterocycles. The van der Waals surface area contributed by atoms with E-state index in [0.29, 0.717) is 0 Å². The van der Waals surface area contributed by atoms with E-state index in [0.717, 1.165) is 11.1 Å². The molecule has 0 aliphatic rings. The van der Waals surface area contributed by atoms with E-state index in [4.69, 9.17) is 0 Å². The van der Waals surface area contributed by atoms with Crippen LogP contribution in [-0.4, -0.2) is 11.6 Å². The van der Waals surface area contributed by atoms with Gasteiger partial charge in [0.2, 0.25) is 0 Å². The van der Waals surface area contributed by atoms with Crippen molar-refractivity contribution in [1.29, 1.82) is 0 Å². The van der Waals surface area contributed by atoms with E-state index < -0.39 is 6.61 Å². The van der Waals surface area contributed by atoms with Crippen LogP contribution in [0.25, 0.3) is 0 Å². The molecule has 0 radical (unpaired) electrons. The van der Waals surface area contributed by atoms with E-state index in [1.165, 1.54) is 6.07 Å². The van der Waals surface area contributed by atoms with Crippen LogP contribution in [0, 0.1) is 0 Å². The van der Waals surface area contributed by atoms with Crippen molar-refractivity contribution in [2.45, 2.75) is 32.5 Å². The maximum Gasteiger partial charge on any atom is 0.387 e. The Morgan fingerprint density at radius 2 is 1.76 bits per heavy atom. The van der Waals surface area contributed by atoms with Crippen molar-refractivity contribution in [1.82, 2.24) is 10.3 Å². The third-order valence-corrected chi connectivity index (χ3v) is 3.27. The Balaban J connectivity index is 2.04. The Hall–Kier alpha value is -2.01. The topological polar surface area (TPSA) is 34.2 Å². The molecule has 1 heterocycles. The summed E-state index contributed by atoms with van der Waals surface area (Å²) in [5.74, 6) is 0.171. The maximum absolute atomic E-state index is 12.2. The number of nitrogens with one attached hydrogen (secondary N) is 1. The Kier molecular flexibility index (Phi) is 5.22. The van der Waals surface area contributed by atoms with Gasteiger partial charge >= 0.3 is 6.61 Å². The lowest BCUT2D eigenvalue weighted by Gasteiger charge is -2.21. The summed E-state index contributed by atoms with van der Waals surface area (Å²) >= 11 is 0. The maximum atomic E-state index is 12.2. The number of benzene rings is 1. The molecular weight excluding hydrogens is 274 g/mol. The monoisotopic (exact) mass is 292 g/mol. The first-order chi connectivity index (χ1) is 10.1. The number of aromatic nitrogens is 1. The van der Waals surface area contributed by atoms with Gasteiger partial charge in [-0.05, 0) is 43.2 Å². The second kappa shape index (κ2) is 7.13. The molecule has 2 rings (SSSR count). The van der Waals surface area contributed by atoms with Gasteiger partial charge in [0.15, 0.2) is 0 Å². The molecule has 5 heteroatoms. The summed E-state index contributed by atoms with van der Waals surface area (Å²) in [7, 11) is 0. The van der Waals surface area contributed by atoms with Crippen molar-refractivity contribution < 1.29 is 13.5 Å². The molecule has 0 spiro atoms. The summed E-state index contributed by atoms with van der Waals surface area (Å²) in [6.07, 6.45) is 3.53. The summed E-state index contributed by atoms with van der Waals surface area (Å²) in [5, 5.41) is 3.41. The highest BCUT2D eigenvalue weighted by atomic mass is 19.3. The second-order valence-electron chi connectivity index (χ2n) is 4.85. The van der Waals surface area contributed by atoms with Crippen molar-refractivity contribution in [3.05, 3.63) is 59.9 Å². The number of ether oxygens (including phenoxy) is 1. The fourth-order valence-electron chi connectivity index (χ4n) is 2.16. The molecule has 1 unspecified atom stereocenters. The van der Waals surface area contributed by atoms with Crippen LogP contribution in [0.1, 0.15) is 37.1 Å². The lowest BCUT2D eigenvalue weighted by Crippen LogP contribution is -2.22. The average Bonchev–Trinajstić information content (AvgIpc) is 2.47. The lowest BCUT2D eigenvalue weighted by atomic mass is 10.1. The molecule has 0 saturated carbocycles. The fraction of sp³-hybridized carbons (Fsp3) is 0.312. The molecule has 2 atom stereocenters. The van der Waals surface area contributed by atoms with Crippen molar-refractivity contribution in [2.75, 3.05) is 0 Å². The molecule has 0 bridgehead atoms. The lowest BCUT2D eigenvalue weighted by molar-refractivity contribution is -0.0499. The molecule has 112 valence electrons. The van der Waals surface area contributed by atoms with Crippen LogP contribution in [0.5, 0.6) is 5.75 Å². The number of hydrogen-bond donors (Lipinski definition) is 1. The highest BCUT2D eigenvalue weighted by Gasteiger charge is 2.12. The van der Waals surface area contributed by atoms with E-state index in [2.05, 4.69) is 15.0 Å². The quantitative estimate of drug-likeness (QED) is 0.870. The van der Waals surface area contributed by atoms with Gasteiger partial charge in [-0.15, -0.1) is 0 Å². The van der Waals surface area contributed by atoms with E-state index in [1.54, 1.807) is 24.5 Å². The number of pyridine rings is 1. The van der Waals surface area contributed by atoms with Crippen molar-refractivity contribution in [3.8, 4) is 5.75 Å². The Morgan fingerprint density at radius 1 is 1.05 bits per heavy atom. The Bertz CT molecular complexity index is 563. The van der Waals surface area contributed by atoms with Gasteiger partial charge in [-0.1, -0.05) is 18.2 Å². The minimum atomic E-state index is -2.81.